The molecule has 0 bridgehead atoms. The van der Waals surface area contributed by atoms with Crippen LogP contribution in [0.5, 0.6) is 0 Å². The van der Waals surface area contributed by atoms with E-state index in [1.807, 2.05) is 10.9 Å². The van der Waals surface area contributed by atoms with Crippen LogP contribution in [-0.4, -0.2) is 45.3 Å². The molecule has 1 fully saturated rings. The van der Waals surface area contributed by atoms with E-state index >= 15 is 0 Å². The van der Waals surface area contributed by atoms with E-state index in [1.54, 1.807) is 6.33 Å². The molecule has 1 aliphatic heterocycles. The minimum absolute atomic E-state index is 0.398. The van der Waals surface area contributed by atoms with Gasteiger partial charge in [0.05, 0.1) is 19.0 Å². The minimum Gasteiger partial charge on any atom is -0.379 e. The molecule has 6 heteroatoms. The fourth-order valence-electron chi connectivity index (χ4n) is 2.66. The first kappa shape index (κ1) is 12.3. The lowest BCUT2D eigenvalue weighted by Gasteiger charge is -2.27. The highest BCUT2D eigenvalue weighted by Gasteiger charge is 2.25. The fraction of sp³-hybridized carbons (Fsp3) is 0.615. The molecule has 1 unspecified atom stereocenters. The zero-order valence-electron chi connectivity index (χ0n) is 11.4. The van der Waals surface area contributed by atoms with Crippen molar-refractivity contribution in [3.8, 4) is 0 Å². The van der Waals surface area contributed by atoms with Gasteiger partial charge in [0.15, 0.2) is 17.0 Å². The first-order chi connectivity index (χ1) is 9.35. The molecular formula is C13H19N5O. The zero-order chi connectivity index (χ0) is 13.2. The number of ether oxygens (including phenoxy) is 1. The number of anilines is 1. The monoisotopic (exact) mass is 261 g/mol. The zero-order valence-corrected chi connectivity index (χ0v) is 11.4. The number of imidazole rings is 1. The highest BCUT2D eigenvalue weighted by atomic mass is 16.5. The van der Waals surface area contributed by atoms with Crippen molar-refractivity contribution in [2.75, 3.05) is 24.7 Å². The summed E-state index contributed by atoms with van der Waals surface area (Å²) in [7, 11) is 0. The van der Waals surface area contributed by atoms with Crippen LogP contribution in [0.15, 0.2) is 12.7 Å². The summed E-state index contributed by atoms with van der Waals surface area (Å²) in [5, 5.41) is 0. The Hall–Kier alpha value is -1.69. The van der Waals surface area contributed by atoms with Crippen molar-refractivity contribution >= 4 is 17.0 Å². The first-order valence-electron chi connectivity index (χ1n) is 6.85. The molecule has 0 spiro atoms. The van der Waals surface area contributed by atoms with Crippen LogP contribution in [0.25, 0.3) is 11.2 Å². The predicted molar refractivity (Wildman–Crippen MR) is 73.2 cm³/mol. The van der Waals surface area contributed by atoms with Gasteiger partial charge in [-0.25, -0.2) is 15.0 Å². The second kappa shape index (κ2) is 5.13. The number of fused-ring (bicyclic) bond motifs is 1. The maximum Gasteiger partial charge on any atom is 0.165 e. The minimum atomic E-state index is 0.398. The van der Waals surface area contributed by atoms with Gasteiger partial charge < -0.3 is 14.2 Å². The molecule has 0 aromatic carbocycles. The van der Waals surface area contributed by atoms with E-state index in [2.05, 4.69) is 33.7 Å². The Kier molecular flexibility index (Phi) is 3.33. The van der Waals surface area contributed by atoms with Crippen LogP contribution in [0.1, 0.15) is 20.3 Å². The van der Waals surface area contributed by atoms with Crippen molar-refractivity contribution in [1.82, 2.24) is 19.5 Å². The van der Waals surface area contributed by atoms with E-state index in [-0.39, 0.29) is 0 Å². The molecule has 3 rings (SSSR count). The highest BCUT2D eigenvalue weighted by molar-refractivity contribution is 5.83. The standard InChI is InChI=1S/C13H19N5O/c1-3-17-9-16-11-12(17)14-8-15-13(11)18(4-2)10-5-6-19-7-10/h8-10H,3-7H2,1-2H3. The molecule has 0 radical (unpaired) electrons. The Morgan fingerprint density at radius 1 is 1.37 bits per heavy atom. The molecule has 102 valence electrons. The summed E-state index contributed by atoms with van der Waals surface area (Å²) in [6.07, 6.45) is 4.51. The van der Waals surface area contributed by atoms with Crippen LogP contribution in [0.4, 0.5) is 5.82 Å². The maximum absolute atomic E-state index is 5.49. The third-order valence-electron chi connectivity index (χ3n) is 3.68. The third-order valence-corrected chi connectivity index (χ3v) is 3.68. The van der Waals surface area contributed by atoms with Crippen molar-refractivity contribution in [3.05, 3.63) is 12.7 Å². The average molecular weight is 261 g/mol. The van der Waals surface area contributed by atoms with Gasteiger partial charge in [0, 0.05) is 19.7 Å². The number of hydrogen-bond donors (Lipinski definition) is 0. The van der Waals surface area contributed by atoms with Gasteiger partial charge in [-0.3, -0.25) is 0 Å². The normalized spacial score (nSPS) is 19.2. The Bertz CT molecular complexity index is 561. The lowest BCUT2D eigenvalue weighted by atomic mass is 10.2. The van der Waals surface area contributed by atoms with E-state index in [4.69, 9.17) is 4.74 Å². The summed E-state index contributed by atoms with van der Waals surface area (Å²) in [4.78, 5) is 15.6. The molecule has 3 heterocycles. The van der Waals surface area contributed by atoms with Crippen LogP contribution >= 0.6 is 0 Å². The van der Waals surface area contributed by atoms with Crippen LogP contribution in [-0.2, 0) is 11.3 Å². The number of aromatic nitrogens is 4. The van der Waals surface area contributed by atoms with Gasteiger partial charge in [0.25, 0.3) is 0 Å². The lowest BCUT2D eigenvalue weighted by molar-refractivity contribution is 0.193. The summed E-state index contributed by atoms with van der Waals surface area (Å²) < 4.78 is 7.53. The number of rotatable bonds is 4. The van der Waals surface area contributed by atoms with Crippen LogP contribution in [0.3, 0.4) is 0 Å². The van der Waals surface area contributed by atoms with E-state index in [0.717, 1.165) is 49.7 Å². The van der Waals surface area contributed by atoms with Crippen LogP contribution in [0, 0.1) is 0 Å². The van der Waals surface area contributed by atoms with E-state index in [1.165, 1.54) is 0 Å². The predicted octanol–water partition coefficient (Wildman–Crippen LogP) is 1.46. The average Bonchev–Trinajstić information content (AvgIpc) is 3.08. The quantitative estimate of drug-likeness (QED) is 0.834. The smallest absolute Gasteiger partial charge is 0.165 e. The topological polar surface area (TPSA) is 56.1 Å². The lowest BCUT2D eigenvalue weighted by Crippen LogP contribution is -2.36. The molecule has 0 aliphatic carbocycles. The van der Waals surface area contributed by atoms with Crippen molar-refractivity contribution in [3.63, 3.8) is 0 Å². The van der Waals surface area contributed by atoms with Gasteiger partial charge in [0.1, 0.15) is 6.33 Å². The Balaban J connectivity index is 2.05. The van der Waals surface area contributed by atoms with Gasteiger partial charge >= 0.3 is 0 Å². The van der Waals surface area contributed by atoms with Crippen molar-refractivity contribution in [2.45, 2.75) is 32.9 Å². The molecule has 1 atom stereocenters. The van der Waals surface area contributed by atoms with Gasteiger partial charge in [-0.15, -0.1) is 0 Å². The van der Waals surface area contributed by atoms with Crippen LogP contribution < -0.4 is 4.90 Å². The summed E-state index contributed by atoms with van der Waals surface area (Å²) in [6, 6.07) is 0.398. The van der Waals surface area contributed by atoms with Crippen molar-refractivity contribution in [1.29, 1.82) is 0 Å². The summed E-state index contributed by atoms with van der Waals surface area (Å²) in [5.74, 6) is 0.926. The molecule has 0 N–H and O–H groups in total. The molecule has 2 aromatic rings. The van der Waals surface area contributed by atoms with Gasteiger partial charge in [0.2, 0.25) is 0 Å². The molecule has 19 heavy (non-hydrogen) atoms. The highest BCUT2D eigenvalue weighted by Crippen LogP contribution is 2.25. The van der Waals surface area contributed by atoms with Gasteiger partial charge in [-0.2, -0.15) is 0 Å². The Morgan fingerprint density at radius 3 is 2.95 bits per heavy atom. The van der Waals surface area contributed by atoms with E-state index < -0.39 is 0 Å². The first-order valence-corrected chi connectivity index (χ1v) is 6.85. The Labute approximate surface area is 112 Å². The van der Waals surface area contributed by atoms with E-state index in [0.29, 0.717) is 6.04 Å². The van der Waals surface area contributed by atoms with E-state index in [9.17, 15) is 0 Å². The second-order valence-electron chi connectivity index (χ2n) is 4.70. The molecule has 0 amide bonds. The summed E-state index contributed by atoms with van der Waals surface area (Å²) in [5.41, 5.74) is 1.79. The molecule has 1 aliphatic rings. The molecule has 6 nitrogen and oxygen atoms in total. The SMILES string of the molecule is CCN(c1ncnc2c1ncn2CC)C1CCOC1. The van der Waals surface area contributed by atoms with Gasteiger partial charge in [-0.05, 0) is 20.3 Å². The number of hydrogen-bond acceptors (Lipinski definition) is 5. The third kappa shape index (κ3) is 2.06. The van der Waals surface area contributed by atoms with Crippen molar-refractivity contribution < 1.29 is 4.74 Å². The van der Waals surface area contributed by atoms with Crippen molar-refractivity contribution in [2.24, 2.45) is 0 Å². The summed E-state index contributed by atoms with van der Waals surface area (Å²) >= 11 is 0. The fourth-order valence-corrected chi connectivity index (χ4v) is 2.66. The van der Waals surface area contributed by atoms with Gasteiger partial charge in [-0.1, -0.05) is 0 Å². The second-order valence-corrected chi connectivity index (χ2v) is 4.70. The maximum atomic E-state index is 5.49. The molecule has 2 aromatic heterocycles. The molecule has 1 saturated heterocycles. The summed E-state index contributed by atoms with van der Waals surface area (Å²) in [6.45, 7) is 7.60. The number of likely N-dealkylation sites (N-methyl/N-ethyl adjacent to an activating group) is 1. The molecule has 0 saturated carbocycles. The Morgan fingerprint density at radius 2 is 2.26 bits per heavy atom. The number of aryl methyl sites for hydroxylation is 1. The number of nitrogens with zero attached hydrogens (tertiary/aromatic N) is 5. The van der Waals surface area contributed by atoms with Crippen LogP contribution in [0.2, 0.25) is 0 Å². The largest absolute Gasteiger partial charge is 0.379 e. The molecular weight excluding hydrogens is 242 g/mol.